The lowest BCUT2D eigenvalue weighted by Crippen LogP contribution is -2.18. The van der Waals surface area contributed by atoms with Crippen LogP contribution in [0.1, 0.15) is 12.0 Å². The topological polar surface area (TPSA) is 55.5 Å². The molecule has 0 aromatic heterocycles. The first-order valence-corrected chi connectivity index (χ1v) is 4.46. The Kier molecular flexibility index (Phi) is 3.47. The summed E-state index contributed by atoms with van der Waals surface area (Å²) in [4.78, 5) is 0. The number of hydrogen-bond acceptors (Lipinski definition) is 3. The van der Waals surface area contributed by atoms with Gasteiger partial charge in [0, 0.05) is 12.5 Å². The minimum absolute atomic E-state index is 0.140. The van der Waals surface area contributed by atoms with Crippen molar-refractivity contribution >= 4 is 0 Å². The van der Waals surface area contributed by atoms with Crippen molar-refractivity contribution in [1.82, 2.24) is 0 Å². The second-order valence-electron chi connectivity index (χ2n) is 3.13. The van der Waals surface area contributed by atoms with Crippen LogP contribution in [0.5, 0.6) is 11.5 Å². The maximum atomic E-state index is 13.4. The molecule has 0 spiro atoms. The monoisotopic (exact) mass is 217 g/mol. The van der Waals surface area contributed by atoms with E-state index in [-0.39, 0.29) is 6.54 Å². The molecule has 0 unspecified atom stereocenters. The SMILES string of the molecule is COc1ccc(C(F)(F)CCN)c(O)c1. The first-order valence-electron chi connectivity index (χ1n) is 4.46. The van der Waals surface area contributed by atoms with Gasteiger partial charge in [-0.25, -0.2) is 8.78 Å². The standard InChI is InChI=1S/C10H13F2NO2/c1-15-7-2-3-8(9(14)6-7)10(11,12)4-5-13/h2-3,6,14H,4-5,13H2,1H3. The molecule has 5 heteroatoms. The van der Waals surface area contributed by atoms with Crippen LogP contribution in [0.15, 0.2) is 18.2 Å². The van der Waals surface area contributed by atoms with Crippen LogP contribution in [0.2, 0.25) is 0 Å². The van der Waals surface area contributed by atoms with Gasteiger partial charge in [0.2, 0.25) is 0 Å². The molecule has 0 saturated heterocycles. The summed E-state index contributed by atoms with van der Waals surface area (Å²) in [5.41, 5.74) is 4.65. The van der Waals surface area contributed by atoms with Gasteiger partial charge < -0.3 is 15.6 Å². The van der Waals surface area contributed by atoms with Crippen molar-refractivity contribution in [2.75, 3.05) is 13.7 Å². The lowest BCUT2D eigenvalue weighted by Gasteiger charge is -2.17. The molecule has 0 atom stereocenters. The van der Waals surface area contributed by atoms with E-state index in [4.69, 9.17) is 10.5 Å². The van der Waals surface area contributed by atoms with Gasteiger partial charge in [-0.3, -0.25) is 0 Å². The van der Waals surface area contributed by atoms with E-state index in [0.29, 0.717) is 5.75 Å². The summed E-state index contributed by atoms with van der Waals surface area (Å²) >= 11 is 0. The van der Waals surface area contributed by atoms with E-state index >= 15 is 0 Å². The van der Waals surface area contributed by atoms with Gasteiger partial charge in [-0.05, 0) is 18.7 Å². The third kappa shape index (κ3) is 2.56. The second kappa shape index (κ2) is 4.44. The Labute approximate surface area is 86.5 Å². The molecule has 0 amide bonds. The van der Waals surface area contributed by atoms with Crippen LogP contribution in [-0.4, -0.2) is 18.8 Å². The minimum Gasteiger partial charge on any atom is -0.507 e. The predicted octanol–water partition coefficient (Wildman–Crippen LogP) is 1.84. The van der Waals surface area contributed by atoms with E-state index in [1.165, 1.54) is 13.2 Å². The zero-order valence-electron chi connectivity index (χ0n) is 8.34. The van der Waals surface area contributed by atoms with E-state index in [9.17, 15) is 13.9 Å². The molecule has 3 N–H and O–H groups in total. The lowest BCUT2D eigenvalue weighted by atomic mass is 10.0. The smallest absolute Gasteiger partial charge is 0.278 e. The van der Waals surface area contributed by atoms with Crippen molar-refractivity contribution in [2.45, 2.75) is 12.3 Å². The molecule has 84 valence electrons. The van der Waals surface area contributed by atoms with Gasteiger partial charge in [-0.15, -0.1) is 0 Å². The average molecular weight is 217 g/mol. The van der Waals surface area contributed by atoms with Crippen LogP contribution in [0.4, 0.5) is 8.78 Å². The van der Waals surface area contributed by atoms with E-state index in [1.54, 1.807) is 0 Å². The molecule has 0 aliphatic carbocycles. The number of benzene rings is 1. The number of halogens is 2. The summed E-state index contributed by atoms with van der Waals surface area (Å²) in [5, 5.41) is 9.38. The van der Waals surface area contributed by atoms with Gasteiger partial charge in [0.05, 0.1) is 12.7 Å². The number of phenols is 1. The molecule has 0 fully saturated rings. The van der Waals surface area contributed by atoms with Crippen LogP contribution in [0, 0.1) is 0 Å². The molecule has 3 nitrogen and oxygen atoms in total. The summed E-state index contributed by atoms with van der Waals surface area (Å²) in [6, 6.07) is 3.67. The molecular weight excluding hydrogens is 204 g/mol. The van der Waals surface area contributed by atoms with Crippen LogP contribution in [-0.2, 0) is 5.92 Å². The van der Waals surface area contributed by atoms with E-state index in [1.807, 2.05) is 0 Å². The van der Waals surface area contributed by atoms with E-state index in [0.717, 1.165) is 12.1 Å². The number of rotatable bonds is 4. The molecule has 15 heavy (non-hydrogen) atoms. The summed E-state index contributed by atoms with van der Waals surface area (Å²) in [6.07, 6.45) is -0.493. The maximum absolute atomic E-state index is 13.4. The van der Waals surface area contributed by atoms with Crippen molar-refractivity contribution in [3.63, 3.8) is 0 Å². The molecule has 0 saturated carbocycles. The Balaban J connectivity index is 3.04. The first-order chi connectivity index (χ1) is 7.01. The number of ether oxygens (including phenoxy) is 1. The van der Waals surface area contributed by atoms with Gasteiger partial charge in [-0.1, -0.05) is 0 Å². The molecule has 1 aromatic rings. The molecule has 0 bridgehead atoms. The summed E-state index contributed by atoms with van der Waals surface area (Å²) < 4.78 is 31.5. The second-order valence-corrected chi connectivity index (χ2v) is 3.13. The van der Waals surface area contributed by atoms with Gasteiger partial charge in [-0.2, -0.15) is 0 Å². The first kappa shape index (κ1) is 11.7. The molecule has 0 aliphatic heterocycles. The van der Waals surface area contributed by atoms with Gasteiger partial charge in [0.15, 0.2) is 0 Å². The predicted molar refractivity (Wildman–Crippen MR) is 52.2 cm³/mol. The average Bonchev–Trinajstić information content (AvgIpc) is 2.17. The summed E-state index contributed by atoms with van der Waals surface area (Å²) in [6.45, 7) is -0.140. The van der Waals surface area contributed by atoms with Crippen LogP contribution in [0.3, 0.4) is 0 Å². The Hall–Kier alpha value is -1.36. The molecular formula is C10H13F2NO2. The summed E-state index contributed by atoms with van der Waals surface area (Å²) in [5.74, 6) is -3.25. The highest BCUT2D eigenvalue weighted by Crippen LogP contribution is 2.38. The number of phenolic OH excluding ortho intramolecular Hbond substituents is 1. The zero-order chi connectivity index (χ0) is 11.5. The quantitative estimate of drug-likeness (QED) is 0.809. The number of hydrogen-bond donors (Lipinski definition) is 2. The van der Waals surface area contributed by atoms with Gasteiger partial charge in [0.1, 0.15) is 11.5 Å². The van der Waals surface area contributed by atoms with Crippen LogP contribution < -0.4 is 10.5 Å². The van der Waals surface area contributed by atoms with Crippen molar-refractivity contribution in [2.24, 2.45) is 5.73 Å². The normalized spacial score (nSPS) is 11.5. The lowest BCUT2D eigenvalue weighted by molar-refractivity contribution is -0.0127. The number of alkyl halides is 2. The highest BCUT2D eigenvalue weighted by atomic mass is 19.3. The Bertz CT molecular complexity index is 342. The number of methoxy groups -OCH3 is 1. The van der Waals surface area contributed by atoms with E-state index in [2.05, 4.69) is 0 Å². The van der Waals surface area contributed by atoms with E-state index < -0.39 is 23.7 Å². The van der Waals surface area contributed by atoms with Crippen molar-refractivity contribution < 1.29 is 18.6 Å². The minimum atomic E-state index is -3.11. The van der Waals surface area contributed by atoms with Gasteiger partial charge >= 0.3 is 0 Å². The van der Waals surface area contributed by atoms with Crippen LogP contribution >= 0.6 is 0 Å². The Morgan fingerprint density at radius 1 is 1.47 bits per heavy atom. The largest absolute Gasteiger partial charge is 0.507 e. The molecule has 0 aliphatic rings. The number of aromatic hydroxyl groups is 1. The van der Waals surface area contributed by atoms with Crippen LogP contribution in [0.25, 0.3) is 0 Å². The maximum Gasteiger partial charge on any atom is 0.278 e. The Morgan fingerprint density at radius 3 is 2.60 bits per heavy atom. The third-order valence-electron chi connectivity index (χ3n) is 2.06. The van der Waals surface area contributed by atoms with Gasteiger partial charge in [0.25, 0.3) is 5.92 Å². The fraction of sp³-hybridized carbons (Fsp3) is 0.400. The zero-order valence-corrected chi connectivity index (χ0v) is 8.34. The van der Waals surface area contributed by atoms with Crippen molar-refractivity contribution in [1.29, 1.82) is 0 Å². The summed E-state index contributed by atoms with van der Waals surface area (Å²) in [7, 11) is 1.40. The molecule has 0 heterocycles. The molecule has 0 radical (unpaired) electrons. The fourth-order valence-electron chi connectivity index (χ4n) is 1.26. The molecule has 1 aromatic carbocycles. The Morgan fingerprint density at radius 2 is 2.13 bits per heavy atom. The fourth-order valence-corrected chi connectivity index (χ4v) is 1.26. The highest BCUT2D eigenvalue weighted by Gasteiger charge is 2.33. The highest BCUT2D eigenvalue weighted by molar-refractivity contribution is 5.42. The third-order valence-corrected chi connectivity index (χ3v) is 2.06. The van der Waals surface area contributed by atoms with Crippen molar-refractivity contribution in [3.8, 4) is 11.5 Å². The number of nitrogens with two attached hydrogens (primary N) is 1. The van der Waals surface area contributed by atoms with Crippen molar-refractivity contribution in [3.05, 3.63) is 23.8 Å². The molecule has 1 rings (SSSR count).